The second-order valence-corrected chi connectivity index (χ2v) is 4.12. The van der Waals surface area contributed by atoms with E-state index in [0.29, 0.717) is 0 Å². The molecule has 2 rings (SSSR count). The number of ether oxygens (including phenoxy) is 1. The van der Waals surface area contributed by atoms with E-state index < -0.39 is 0 Å². The fourth-order valence-electron chi connectivity index (χ4n) is 1.58. The summed E-state index contributed by atoms with van der Waals surface area (Å²) in [4.78, 5) is 10.8. The number of aromatic nitrogens is 2. The highest BCUT2D eigenvalue weighted by Crippen LogP contribution is 2.25. The lowest BCUT2D eigenvalue weighted by atomic mass is 10.3. The Kier molecular flexibility index (Phi) is 3.32. The van der Waals surface area contributed by atoms with Crippen LogP contribution in [0.3, 0.4) is 0 Å². The molecule has 0 saturated carbocycles. The van der Waals surface area contributed by atoms with Crippen molar-refractivity contribution < 1.29 is 4.74 Å². The van der Waals surface area contributed by atoms with Crippen LogP contribution in [-0.2, 0) is 0 Å². The molecule has 0 aromatic carbocycles. The van der Waals surface area contributed by atoms with Crippen molar-refractivity contribution in [2.24, 2.45) is 4.99 Å². The Morgan fingerprint density at radius 3 is 2.76 bits per heavy atom. The van der Waals surface area contributed by atoms with Gasteiger partial charge in [-0.3, -0.25) is 4.99 Å². The first kappa shape index (κ1) is 11.5. The summed E-state index contributed by atoms with van der Waals surface area (Å²) in [5.41, 5.74) is 2.93. The molecule has 0 aliphatic heterocycles. The smallest absolute Gasteiger partial charge is 0.146 e. The van der Waals surface area contributed by atoms with Gasteiger partial charge in [0.15, 0.2) is 0 Å². The third-order valence-electron chi connectivity index (χ3n) is 2.42. The normalized spacial score (nSPS) is 11.5. The number of aromatic amines is 2. The third kappa shape index (κ3) is 2.58. The second-order valence-electron chi connectivity index (χ2n) is 4.12. The summed E-state index contributed by atoms with van der Waals surface area (Å²) < 4.78 is 5.32. The fraction of sp³-hybridized carbons (Fsp3) is 0.308. The molecule has 0 spiro atoms. The predicted molar refractivity (Wildman–Crippen MR) is 69.9 cm³/mol. The Morgan fingerprint density at radius 1 is 1.35 bits per heavy atom. The Bertz CT molecular complexity index is 495. The Balaban J connectivity index is 2.33. The van der Waals surface area contributed by atoms with E-state index in [1.54, 1.807) is 7.11 Å². The van der Waals surface area contributed by atoms with Gasteiger partial charge in [-0.15, -0.1) is 0 Å². The van der Waals surface area contributed by atoms with Crippen LogP contribution < -0.4 is 4.74 Å². The number of H-pyrrole nitrogens is 2. The molecular formula is C13H17N3O. The molecule has 17 heavy (non-hydrogen) atoms. The molecule has 4 nitrogen and oxygen atoms in total. The SMILES string of the molecule is COc1cc(-c2ccc[nH]2)[nH]c1C=NC(C)C. The molecule has 2 aromatic rings. The number of nitrogens with one attached hydrogen (secondary N) is 2. The average molecular weight is 231 g/mol. The standard InChI is InChI=1S/C13H17N3O/c1-9(2)15-8-12-13(17-3)7-11(16-12)10-5-4-6-14-10/h4-9,14,16H,1-3H3. The van der Waals surface area contributed by atoms with Crippen LogP contribution in [-0.4, -0.2) is 29.3 Å². The summed E-state index contributed by atoms with van der Waals surface area (Å²) in [6, 6.07) is 6.21. The van der Waals surface area contributed by atoms with E-state index in [0.717, 1.165) is 22.8 Å². The molecule has 4 heteroatoms. The lowest BCUT2D eigenvalue weighted by Crippen LogP contribution is -1.93. The highest BCUT2D eigenvalue weighted by molar-refractivity contribution is 5.83. The summed E-state index contributed by atoms with van der Waals surface area (Å²) in [6.07, 6.45) is 3.71. The predicted octanol–water partition coefficient (Wildman–Crippen LogP) is 2.85. The van der Waals surface area contributed by atoms with Crippen molar-refractivity contribution in [2.45, 2.75) is 19.9 Å². The largest absolute Gasteiger partial charge is 0.494 e. The number of aliphatic imine (C=N–C) groups is 1. The van der Waals surface area contributed by atoms with Crippen LogP contribution in [0.4, 0.5) is 0 Å². The van der Waals surface area contributed by atoms with Gasteiger partial charge in [0.25, 0.3) is 0 Å². The molecule has 0 saturated heterocycles. The van der Waals surface area contributed by atoms with Crippen LogP contribution >= 0.6 is 0 Å². The fourth-order valence-corrected chi connectivity index (χ4v) is 1.58. The summed E-state index contributed by atoms with van der Waals surface area (Å²) >= 11 is 0. The van der Waals surface area contributed by atoms with Crippen molar-refractivity contribution in [1.29, 1.82) is 0 Å². The van der Waals surface area contributed by atoms with E-state index in [9.17, 15) is 0 Å². The first-order valence-electron chi connectivity index (χ1n) is 5.64. The average Bonchev–Trinajstić information content (AvgIpc) is 2.94. The monoisotopic (exact) mass is 231 g/mol. The van der Waals surface area contributed by atoms with E-state index in [1.807, 2.05) is 44.5 Å². The topological polar surface area (TPSA) is 53.2 Å². The van der Waals surface area contributed by atoms with E-state index in [4.69, 9.17) is 4.74 Å². The maximum atomic E-state index is 5.32. The van der Waals surface area contributed by atoms with Crippen molar-refractivity contribution in [3.05, 3.63) is 30.1 Å². The molecule has 0 aliphatic carbocycles. The van der Waals surface area contributed by atoms with Crippen LogP contribution in [0.2, 0.25) is 0 Å². The summed E-state index contributed by atoms with van der Waals surface area (Å²) in [6.45, 7) is 4.08. The Morgan fingerprint density at radius 2 is 2.18 bits per heavy atom. The van der Waals surface area contributed by atoms with E-state index in [-0.39, 0.29) is 6.04 Å². The molecular weight excluding hydrogens is 214 g/mol. The van der Waals surface area contributed by atoms with Gasteiger partial charge in [0, 0.05) is 24.5 Å². The van der Waals surface area contributed by atoms with Gasteiger partial charge in [-0.2, -0.15) is 0 Å². The van der Waals surface area contributed by atoms with Gasteiger partial charge in [-0.25, -0.2) is 0 Å². The molecule has 0 unspecified atom stereocenters. The number of hydrogen-bond donors (Lipinski definition) is 2. The molecule has 0 aliphatic rings. The van der Waals surface area contributed by atoms with Crippen molar-refractivity contribution in [3.63, 3.8) is 0 Å². The van der Waals surface area contributed by atoms with Crippen LogP contribution in [0, 0.1) is 0 Å². The van der Waals surface area contributed by atoms with Gasteiger partial charge >= 0.3 is 0 Å². The van der Waals surface area contributed by atoms with Crippen molar-refractivity contribution >= 4 is 6.21 Å². The van der Waals surface area contributed by atoms with E-state index >= 15 is 0 Å². The molecule has 2 aromatic heterocycles. The minimum atomic E-state index is 0.275. The van der Waals surface area contributed by atoms with Gasteiger partial charge in [0.2, 0.25) is 0 Å². The van der Waals surface area contributed by atoms with E-state index in [1.165, 1.54) is 0 Å². The van der Waals surface area contributed by atoms with Crippen molar-refractivity contribution in [2.75, 3.05) is 7.11 Å². The van der Waals surface area contributed by atoms with Crippen LogP contribution in [0.25, 0.3) is 11.4 Å². The molecule has 0 fully saturated rings. The molecule has 0 radical (unpaired) electrons. The van der Waals surface area contributed by atoms with Crippen molar-refractivity contribution in [3.8, 4) is 17.1 Å². The summed E-state index contributed by atoms with van der Waals surface area (Å²) in [5, 5.41) is 0. The molecule has 0 atom stereocenters. The molecule has 2 N–H and O–H groups in total. The Labute approximate surface area is 101 Å². The second kappa shape index (κ2) is 4.91. The van der Waals surface area contributed by atoms with Gasteiger partial charge in [0.1, 0.15) is 5.75 Å². The van der Waals surface area contributed by atoms with Gasteiger partial charge < -0.3 is 14.7 Å². The van der Waals surface area contributed by atoms with Crippen LogP contribution in [0.5, 0.6) is 5.75 Å². The number of nitrogens with zero attached hydrogens (tertiary/aromatic N) is 1. The summed E-state index contributed by atoms with van der Waals surface area (Å²) in [7, 11) is 1.66. The highest BCUT2D eigenvalue weighted by Gasteiger charge is 2.08. The molecule has 90 valence electrons. The first-order chi connectivity index (χ1) is 8.20. The number of methoxy groups -OCH3 is 1. The lowest BCUT2D eigenvalue weighted by Gasteiger charge is -1.97. The lowest BCUT2D eigenvalue weighted by molar-refractivity contribution is 0.415. The number of hydrogen-bond acceptors (Lipinski definition) is 2. The highest BCUT2D eigenvalue weighted by atomic mass is 16.5. The molecule has 0 amide bonds. The Hall–Kier alpha value is -1.97. The quantitative estimate of drug-likeness (QED) is 0.781. The maximum Gasteiger partial charge on any atom is 0.146 e. The third-order valence-corrected chi connectivity index (χ3v) is 2.42. The van der Waals surface area contributed by atoms with Gasteiger partial charge in [-0.05, 0) is 26.0 Å². The van der Waals surface area contributed by atoms with Crippen molar-refractivity contribution in [1.82, 2.24) is 9.97 Å². The summed E-state index contributed by atoms with van der Waals surface area (Å²) in [5.74, 6) is 0.805. The molecule has 2 heterocycles. The number of rotatable bonds is 4. The van der Waals surface area contributed by atoms with Crippen LogP contribution in [0.15, 0.2) is 29.4 Å². The minimum Gasteiger partial charge on any atom is -0.494 e. The first-order valence-corrected chi connectivity index (χ1v) is 5.64. The van der Waals surface area contributed by atoms with Crippen LogP contribution in [0.1, 0.15) is 19.5 Å². The zero-order valence-corrected chi connectivity index (χ0v) is 10.3. The van der Waals surface area contributed by atoms with Gasteiger partial charge in [0.05, 0.1) is 24.2 Å². The van der Waals surface area contributed by atoms with Gasteiger partial charge in [-0.1, -0.05) is 0 Å². The van der Waals surface area contributed by atoms with E-state index in [2.05, 4.69) is 15.0 Å². The zero-order chi connectivity index (χ0) is 12.3. The molecule has 0 bridgehead atoms. The maximum absolute atomic E-state index is 5.32. The zero-order valence-electron chi connectivity index (χ0n) is 10.3. The minimum absolute atomic E-state index is 0.275.